The minimum absolute atomic E-state index is 0.0645. The first kappa shape index (κ1) is 12.6. The Labute approximate surface area is 101 Å². The molecule has 2 aliphatic rings. The van der Waals surface area contributed by atoms with Gasteiger partial charge >= 0.3 is 0 Å². The van der Waals surface area contributed by atoms with E-state index in [1.165, 1.54) is 6.42 Å². The normalized spacial score (nSPS) is 46.3. The Hall–Kier alpha value is 0.137. The van der Waals surface area contributed by atoms with Crippen molar-refractivity contribution in [2.24, 2.45) is 16.7 Å². The fourth-order valence-corrected chi connectivity index (χ4v) is 5.19. The fourth-order valence-electron chi connectivity index (χ4n) is 3.87. The fraction of sp³-hybridized carbons (Fsp3) is 1.00. The molecular formula is C13H26O2Si. The van der Waals surface area contributed by atoms with Gasteiger partial charge in [-0.3, -0.25) is 0 Å². The summed E-state index contributed by atoms with van der Waals surface area (Å²) in [5.74, 6) is -0.247. The Balaban J connectivity index is 2.33. The van der Waals surface area contributed by atoms with E-state index >= 15 is 0 Å². The van der Waals surface area contributed by atoms with Crippen LogP contribution in [0.25, 0.3) is 0 Å². The first-order valence-electron chi connectivity index (χ1n) is 6.44. The molecule has 2 saturated carbocycles. The molecule has 0 unspecified atom stereocenters. The third-order valence-electron chi connectivity index (χ3n) is 5.30. The molecule has 2 nitrogen and oxygen atoms in total. The van der Waals surface area contributed by atoms with Crippen LogP contribution in [0.15, 0.2) is 0 Å². The highest BCUT2D eigenvalue weighted by atomic mass is 28.4. The van der Waals surface area contributed by atoms with Gasteiger partial charge in [0, 0.05) is 11.8 Å². The van der Waals surface area contributed by atoms with E-state index in [9.17, 15) is 5.11 Å². The smallest absolute Gasteiger partial charge is 0.187 e. The van der Waals surface area contributed by atoms with Gasteiger partial charge < -0.3 is 9.53 Å². The molecule has 0 aromatic rings. The summed E-state index contributed by atoms with van der Waals surface area (Å²) in [5.41, 5.74) is 0.145. The van der Waals surface area contributed by atoms with Crippen LogP contribution in [0.1, 0.15) is 40.0 Å². The van der Waals surface area contributed by atoms with Crippen LogP contribution in [0.5, 0.6) is 0 Å². The minimum Gasteiger partial charge on any atom is -0.390 e. The van der Waals surface area contributed by atoms with Crippen LogP contribution < -0.4 is 0 Å². The second-order valence-electron chi connectivity index (χ2n) is 7.49. The number of hydrogen-bond donors (Lipinski definition) is 1. The van der Waals surface area contributed by atoms with Crippen molar-refractivity contribution in [3.05, 3.63) is 0 Å². The van der Waals surface area contributed by atoms with Crippen LogP contribution in [-0.2, 0) is 4.43 Å². The van der Waals surface area contributed by atoms with E-state index in [0.29, 0.717) is 5.92 Å². The van der Waals surface area contributed by atoms with E-state index in [-0.39, 0.29) is 10.8 Å². The predicted octanol–water partition coefficient (Wildman–Crippen LogP) is 3.37. The average Bonchev–Trinajstić information content (AvgIpc) is 2.32. The van der Waals surface area contributed by atoms with Crippen LogP contribution >= 0.6 is 0 Å². The lowest BCUT2D eigenvalue weighted by Crippen LogP contribution is -2.53. The SMILES string of the molecule is CC1(C)[C@@H]2CC[C@]1(C)[C@@](O)(O[Si](C)(C)C)C2. The highest BCUT2D eigenvalue weighted by Crippen LogP contribution is 2.70. The Kier molecular flexibility index (Phi) is 2.46. The molecule has 0 radical (unpaired) electrons. The van der Waals surface area contributed by atoms with Crippen molar-refractivity contribution >= 4 is 8.32 Å². The molecule has 2 fully saturated rings. The lowest BCUT2D eigenvalue weighted by atomic mass is 9.68. The lowest BCUT2D eigenvalue weighted by Gasteiger charge is -2.47. The molecule has 3 atom stereocenters. The number of aliphatic hydroxyl groups is 1. The summed E-state index contributed by atoms with van der Waals surface area (Å²) in [5, 5.41) is 10.9. The summed E-state index contributed by atoms with van der Waals surface area (Å²) in [6, 6.07) is 0. The monoisotopic (exact) mass is 242 g/mol. The summed E-state index contributed by atoms with van der Waals surface area (Å²) in [6.07, 6.45) is 3.19. The second-order valence-corrected chi connectivity index (χ2v) is 11.9. The Bertz CT molecular complexity index is 308. The Morgan fingerprint density at radius 3 is 2.06 bits per heavy atom. The summed E-state index contributed by atoms with van der Waals surface area (Å²) in [6.45, 7) is 13.3. The summed E-state index contributed by atoms with van der Waals surface area (Å²) in [4.78, 5) is 0. The third kappa shape index (κ3) is 1.44. The maximum Gasteiger partial charge on any atom is 0.187 e. The average molecular weight is 242 g/mol. The van der Waals surface area contributed by atoms with E-state index in [4.69, 9.17) is 4.43 Å². The van der Waals surface area contributed by atoms with Crippen molar-refractivity contribution in [1.29, 1.82) is 0 Å². The summed E-state index contributed by atoms with van der Waals surface area (Å²) < 4.78 is 6.15. The van der Waals surface area contributed by atoms with Crippen molar-refractivity contribution in [2.45, 2.75) is 65.5 Å². The van der Waals surface area contributed by atoms with Gasteiger partial charge in [-0.05, 0) is 43.8 Å². The van der Waals surface area contributed by atoms with Crippen molar-refractivity contribution < 1.29 is 9.53 Å². The number of fused-ring (bicyclic) bond motifs is 2. The molecular weight excluding hydrogens is 216 g/mol. The summed E-state index contributed by atoms with van der Waals surface area (Å²) >= 11 is 0. The molecule has 0 saturated heterocycles. The van der Waals surface area contributed by atoms with Gasteiger partial charge in [0.1, 0.15) is 0 Å². The van der Waals surface area contributed by atoms with Gasteiger partial charge in [0.15, 0.2) is 14.1 Å². The van der Waals surface area contributed by atoms with Gasteiger partial charge in [-0.2, -0.15) is 0 Å². The summed E-state index contributed by atoms with van der Waals surface area (Å²) in [7, 11) is -1.69. The maximum atomic E-state index is 10.9. The highest BCUT2D eigenvalue weighted by Gasteiger charge is 2.69. The molecule has 0 spiro atoms. The highest BCUT2D eigenvalue weighted by molar-refractivity contribution is 6.69. The van der Waals surface area contributed by atoms with E-state index in [2.05, 4.69) is 40.4 Å². The quantitative estimate of drug-likeness (QED) is 0.594. The van der Waals surface area contributed by atoms with E-state index in [1.807, 2.05) is 0 Å². The molecule has 0 aliphatic heterocycles. The molecule has 0 aromatic heterocycles. The zero-order valence-corrected chi connectivity index (χ0v) is 12.6. The van der Waals surface area contributed by atoms with Gasteiger partial charge in [0.2, 0.25) is 0 Å². The zero-order chi connectivity index (χ0) is 12.4. The topological polar surface area (TPSA) is 29.5 Å². The molecule has 0 aromatic carbocycles. The molecule has 2 aliphatic carbocycles. The second kappa shape index (κ2) is 3.12. The first-order valence-corrected chi connectivity index (χ1v) is 9.85. The maximum absolute atomic E-state index is 10.9. The molecule has 16 heavy (non-hydrogen) atoms. The van der Waals surface area contributed by atoms with Gasteiger partial charge in [-0.15, -0.1) is 0 Å². The van der Waals surface area contributed by atoms with Gasteiger partial charge in [-0.1, -0.05) is 20.8 Å². The third-order valence-corrected chi connectivity index (χ3v) is 6.25. The van der Waals surface area contributed by atoms with Crippen molar-refractivity contribution in [1.82, 2.24) is 0 Å². The molecule has 3 heteroatoms. The minimum atomic E-state index is -1.69. The zero-order valence-electron chi connectivity index (χ0n) is 11.6. The standard InChI is InChI=1S/C13H26O2Si/c1-11(2)10-7-8-12(11,3)13(14,9-10)15-16(4,5)6/h10,14H,7-9H2,1-6H3/t10-,12+,13+/m1/s1. The lowest BCUT2D eigenvalue weighted by molar-refractivity contribution is -0.228. The van der Waals surface area contributed by atoms with Crippen LogP contribution in [0, 0.1) is 16.7 Å². The molecule has 1 N–H and O–H groups in total. The molecule has 94 valence electrons. The van der Waals surface area contributed by atoms with Crippen LogP contribution in [0.3, 0.4) is 0 Å². The van der Waals surface area contributed by atoms with Gasteiger partial charge in [0.05, 0.1) is 0 Å². The molecule has 0 heterocycles. The number of hydrogen-bond acceptors (Lipinski definition) is 2. The van der Waals surface area contributed by atoms with Crippen LogP contribution in [-0.4, -0.2) is 19.2 Å². The van der Waals surface area contributed by atoms with Gasteiger partial charge in [-0.25, -0.2) is 0 Å². The predicted molar refractivity (Wildman–Crippen MR) is 68.6 cm³/mol. The molecule has 2 rings (SSSR count). The Morgan fingerprint density at radius 2 is 1.75 bits per heavy atom. The van der Waals surface area contributed by atoms with Crippen molar-refractivity contribution in [2.75, 3.05) is 0 Å². The number of rotatable bonds is 2. The van der Waals surface area contributed by atoms with E-state index in [0.717, 1.165) is 12.8 Å². The van der Waals surface area contributed by atoms with E-state index < -0.39 is 14.1 Å². The van der Waals surface area contributed by atoms with E-state index in [1.54, 1.807) is 0 Å². The van der Waals surface area contributed by atoms with Crippen molar-refractivity contribution in [3.63, 3.8) is 0 Å². The van der Waals surface area contributed by atoms with Crippen LogP contribution in [0.2, 0.25) is 19.6 Å². The Morgan fingerprint density at radius 1 is 1.19 bits per heavy atom. The largest absolute Gasteiger partial charge is 0.390 e. The molecule has 2 bridgehead atoms. The van der Waals surface area contributed by atoms with Crippen molar-refractivity contribution in [3.8, 4) is 0 Å². The van der Waals surface area contributed by atoms with Gasteiger partial charge in [0.25, 0.3) is 0 Å². The molecule has 0 amide bonds. The first-order chi connectivity index (χ1) is 7.02. The van der Waals surface area contributed by atoms with Crippen LogP contribution in [0.4, 0.5) is 0 Å².